The maximum Gasteiger partial charge on any atom is 0.307 e. The fraction of sp³-hybridized carbons (Fsp3) is 0.286. The van der Waals surface area contributed by atoms with E-state index in [1.807, 2.05) is 54.8 Å². The number of aromatic nitrogens is 1. The molecule has 3 aromatic rings. The fourth-order valence-corrected chi connectivity index (χ4v) is 3.52. The number of rotatable bonds is 8. The van der Waals surface area contributed by atoms with E-state index < -0.39 is 0 Å². The highest BCUT2D eigenvalue weighted by molar-refractivity contribution is 7.13. The minimum atomic E-state index is -0.338. The summed E-state index contributed by atoms with van der Waals surface area (Å²) in [5, 5.41) is 2.62. The Labute approximate surface area is 167 Å². The van der Waals surface area contributed by atoms with Crippen molar-refractivity contribution in [2.24, 2.45) is 0 Å². The molecular weight excluding hydrogens is 376 g/mol. The number of methoxy groups -OCH3 is 1. The van der Waals surface area contributed by atoms with Gasteiger partial charge in [-0.15, -0.1) is 11.3 Å². The van der Waals surface area contributed by atoms with Crippen LogP contribution in [0, 0.1) is 6.92 Å². The van der Waals surface area contributed by atoms with Crippen LogP contribution in [0.2, 0.25) is 0 Å². The largest absolute Gasteiger partial charge is 0.469 e. The van der Waals surface area contributed by atoms with E-state index in [-0.39, 0.29) is 24.7 Å². The minimum absolute atomic E-state index is 0.0831. The van der Waals surface area contributed by atoms with Crippen molar-refractivity contribution in [2.45, 2.75) is 26.3 Å². The van der Waals surface area contributed by atoms with Gasteiger partial charge in [0.1, 0.15) is 5.76 Å². The van der Waals surface area contributed by atoms with E-state index in [1.165, 1.54) is 18.4 Å². The van der Waals surface area contributed by atoms with Crippen LogP contribution in [-0.2, 0) is 27.3 Å². The molecule has 0 saturated carbocycles. The number of benzene rings is 1. The Morgan fingerprint density at radius 1 is 1.18 bits per heavy atom. The predicted octanol–water partition coefficient (Wildman–Crippen LogP) is 3.85. The first-order valence-electron chi connectivity index (χ1n) is 8.95. The third-order valence-electron chi connectivity index (χ3n) is 4.22. The molecule has 7 heteroatoms. The molecule has 0 aliphatic heterocycles. The predicted molar refractivity (Wildman–Crippen MR) is 107 cm³/mol. The molecule has 0 radical (unpaired) electrons. The van der Waals surface area contributed by atoms with Crippen LogP contribution in [0.1, 0.15) is 23.4 Å². The van der Waals surface area contributed by atoms with Crippen LogP contribution in [0.25, 0.3) is 10.8 Å². The maximum absolute atomic E-state index is 12.9. The number of amides is 1. The Bertz CT molecular complexity index is 933. The molecule has 146 valence electrons. The Hall–Kier alpha value is -2.93. The summed E-state index contributed by atoms with van der Waals surface area (Å²) in [5.41, 5.74) is 1.70. The standard InChI is InChI=1S/C21H22N2O4S/c1-15-8-9-18(27-15)21-22-17(14-28-21)12-19(24)23(11-10-20(25)26-2)13-16-6-4-3-5-7-16/h3-9,14H,10-13H2,1-2H3. The van der Waals surface area contributed by atoms with Gasteiger partial charge in [-0.1, -0.05) is 30.3 Å². The molecular formula is C21H22N2O4S. The Morgan fingerprint density at radius 3 is 2.64 bits per heavy atom. The number of hydrogen-bond acceptors (Lipinski definition) is 6. The molecule has 0 aliphatic carbocycles. The van der Waals surface area contributed by atoms with Crippen molar-refractivity contribution in [1.82, 2.24) is 9.88 Å². The van der Waals surface area contributed by atoms with Gasteiger partial charge >= 0.3 is 5.97 Å². The second kappa shape index (κ2) is 9.32. The molecule has 1 aromatic carbocycles. The van der Waals surface area contributed by atoms with Crippen molar-refractivity contribution in [2.75, 3.05) is 13.7 Å². The maximum atomic E-state index is 12.9. The molecule has 0 unspecified atom stereocenters. The van der Waals surface area contributed by atoms with Crippen LogP contribution in [0.15, 0.2) is 52.3 Å². The topological polar surface area (TPSA) is 72.6 Å². The Morgan fingerprint density at radius 2 is 1.96 bits per heavy atom. The van der Waals surface area contributed by atoms with E-state index in [9.17, 15) is 9.59 Å². The van der Waals surface area contributed by atoms with Gasteiger partial charge in [-0.05, 0) is 24.6 Å². The molecule has 28 heavy (non-hydrogen) atoms. The average Bonchev–Trinajstić information content (AvgIpc) is 3.34. The van der Waals surface area contributed by atoms with Crippen molar-refractivity contribution < 1.29 is 18.7 Å². The SMILES string of the molecule is COC(=O)CCN(Cc1ccccc1)C(=O)Cc1csc(-c2ccc(C)o2)n1. The van der Waals surface area contributed by atoms with E-state index in [4.69, 9.17) is 9.15 Å². The lowest BCUT2D eigenvalue weighted by Gasteiger charge is -2.22. The summed E-state index contributed by atoms with van der Waals surface area (Å²) in [7, 11) is 1.35. The number of furan rings is 1. The average molecular weight is 398 g/mol. The zero-order valence-electron chi connectivity index (χ0n) is 15.9. The Kier molecular flexibility index (Phi) is 6.60. The number of aryl methyl sites for hydroxylation is 1. The van der Waals surface area contributed by atoms with Crippen LogP contribution in [0.4, 0.5) is 0 Å². The molecule has 0 saturated heterocycles. The molecule has 1 amide bonds. The number of carbonyl (C=O) groups is 2. The highest BCUT2D eigenvalue weighted by Crippen LogP contribution is 2.26. The fourth-order valence-electron chi connectivity index (χ4n) is 2.74. The molecule has 0 spiro atoms. The van der Waals surface area contributed by atoms with Crippen molar-refractivity contribution in [3.05, 3.63) is 64.9 Å². The minimum Gasteiger partial charge on any atom is -0.469 e. The summed E-state index contributed by atoms with van der Waals surface area (Å²) < 4.78 is 10.3. The zero-order valence-corrected chi connectivity index (χ0v) is 16.7. The van der Waals surface area contributed by atoms with Crippen LogP contribution < -0.4 is 0 Å². The first-order chi connectivity index (χ1) is 13.5. The second-order valence-corrected chi connectivity index (χ2v) is 7.22. The van der Waals surface area contributed by atoms with E-state index in [1.54, 1.807) is 4.90 Å². The lowest BCUT2D eigenvalue weighted by molar-refractivity contribution is -0.141. The van der Waals surface area contributed by atoms with Gasteiger partial charge in [-0.25, -0.2) is 4.98 Å². The van der Waals surface area contributed by atoms with Crippen LogP contribution in [0.5, 0.6) is 0 Å². The number of hydrogen-bond donors (Lipinski definition) is 0. The van der Waals surface area contributed by atoms with Crippen molar-refractivity contribution in [3.63, 3.8) is 0 Å². The second-order valence-electron chi connectivity index (χ2n) is 6.36. The summed E-state index contributed by atoms with van der Waals surface area (Å²) in [5.74, 6) is 1.10. The third kappa shape index (κ3) is 5.29. The number of esters is 1. The van der Waals surface area contributed by atoms with Gasteiger partial charge in [-0.2, -0.15) is 0 Å². The van der Waals surface area contributed by atoms with Gasteiger partial charge in [0.05, 0.1) is 25.6 Å². The normalized spacial score (nSPS) is 10.6. The first-order valence-corrected chi connectivity index (χ1v) is 9.83. The van der Waals surface area contributed by atoms with Crippen molar-refractivity contribution >= 4 is 23.2 Å². The van der Waals surface area contributed by atoms with Gasteiger partial charge < -0.3 is 14.1 Å². The van der Waals surface area contributed by atoms with E-state index in [0.717, 1.165) is 16.3 Å². The van der Waals surface area contributed by atoms with Crippen molar-refractivity contribution in [3.8, 4) is 10.8 Å². The molecule has 0 bridgehead atoms. The summed E-state index contributed by atoms with van der Waals surface area (Å²) in [4.78, 5) is 30.6. The molecule has 0 aliphatic rings. The molecule has 0 N–H and O–H groups in total. The number of nitrogens with zero attached hydrogens (tertiary/aromatic N) is 2. The van der Waals surface area contributed by atoms with Crippen LogP contribution in [-0.4, -0.2) is 35.4 Å². The van der Waals surface area contributed by atoms with Gasteiger partial charge in [0.15, 0.2) is 10.8 Å². The summed E-state index contributed by atoms with van der Waals surface area (Å²) >= 11 is 1.45. The summed E-state index contributed by atoms with van der Waals surface area (Å²) in [6.45, 7) is 2.62. The molecule has 3 rings (SSSR count). The lowest BCUT2D eigenvalue weighted by Crippen LogP contribution is -2.34. The van der Waals surface area contributed by atoms with E-state index in [2.05, 4.69) is 4.98 Å². The highest BCUT2D eigenvalue weighted by atomic mass is 32.1. The molecule has 2 heterocycles. The molecule has 0 atom stereocenters. The van der Waals surface area contributed by atoms with E-state index >= 15 is 0 Å². The van der Waals surface area contributed by atoms with Crippen LogP contribution >= 0.6 is 11.3 Å². The summed E-state index contributed by atoms with van der Waals surface area (Å²) in [6.07, 6.45) is 0.327. The first kappa shape index (κ1) is 19.8. The number of thiazole rings is 1. The quantitative estimate of drug-likeness (QED) is 0.539. The number of carbonyl (C=O) groups excluding carboxylic acids is 2. The molecule has 0 fully saturated rings. The van der Waals surface area contributed by atoms with Gasteiger partial charge in [-0.3, -0.25) is 9.59 Å². The van der Waals surface area contributed by atoms with Gasteiger partial charge in [0.25, 0.3) is 0 Å². The van der Waals surface area contributed by atoms with Crippen molar-refractivity contribution in [1.29, 1.82) is 0 Å². The van der Waals surface area contributed by atoms with Crippen LogP contribution in [0.3, 0.4) is 0 Å². The summed E-state index contributed by atoms with van der Waals surface area (Å²) in [6, 6.07) is 13.5. The smallest absolute Gasteiger partial charge is 0.307 e. The van der Waals surface area contributed by atoms with Gasteiger partial charge in [0, 0.05) is 18.5 Å². The number of ether oxygens (including phenoxy) is 1. The zero-order chi connectivity index (χ0) is 19.9. The lowest BCUT2D eigenvalue weighted by atomic mass is 10.2. The van der Waals surface area contributed by atoms with E-state index in [0.29, 0.717) is 24.5 Å². The molecule has 2 aromatic heterocycles. The third-order valence-corrected chi connectivity index (χ3v) is 5.12. The monoisotopic (exact) mass is 398 g/mol. The highest BCUT2D eigenvalue weighted by Gasteiger charge is 2.18. The Balaban J connectivity index is 1.69. The van der Waals surface area contributed by atoms with Gasteiger partial charge in [0.2, 0.25) is 5.91 Å². The molecule has 6 nitrogen and oxygen atoms in total.